The van der Waals surface area contributed by atoms with Crippen LogP contribution >= 0.6 is 0 Å². The monoisotopic (exact) mass is 274 g/mol. The predicted molar refractivity (Wildman–Crippen MR) is 80.2 cm³/mol. The van der Waals surface area contributed by atoms with Gasteiger partial charge < -0.3 is 14.2 Å². The highest BCUT2D eigenvalue weighted by atomic mass is 16.9. The second-order valence-corrected chi connectivity index (χ2v) is 5.23. The first kappa shape index (κ1) is 18.9. The third kappa shape index (κ3) is 9.42. The van der Waals surface area contributed by atoms with Crippen LogP contribution in [0.15, 0.2) is 0 Å². The Morgan fingerprint density at radius 2 is 0.947 bits per heavy atom. The van der Waals surface area contributed by atoms with Gasteiger partial charge in [0, 0.05) is 27.8 Å². The van der Waals surface area contributed by atoms with E-state index < -0.39 is 5.97 Å². The highest BCUT2D eigenvalue weighted by molar-refractivity contribution is 4.56. The normalized spacial score (nSPS) is 12.0. The molecule has 0 heterocycles. The Morgan fingerprint density at radius 1 is 0.579 bits per heavy atom. The van der Waals surface area contributed by atoms with Gasteiger partial charge in [-0.3, -0.25) is 0 Å². The van der Waals surface area contributed by atoms with Gasteiger partial charge in [-0.1, -0.05) is 64.7 Å². The lowest BCUT2D eigenvalue weighted by Crippen LogP contribution is -2.35. The first-order chi connectivity index (χ1) is 9.24. The van der Waals surface area contributed by atoms with E-state index in [0.717, 1.165) is 12.8 Å². The lowest BCUT2D eigenvalue weighted by atomic mass is 10.1. The summed E-state index contributed by atoms with van der Waals surface area (Å²) in [6, 6.07) is 0. The Labute approximate surface area is 120 Å². The molecule has 0 unspecified atom stereocenters. The fourth-order valence-corrected chi connectivity index (χ4v) is 2.39. The van der Waals surface area contributed by atoms with Crippen LogP contribution in [0.3, 0.4) is 0 Å². The van der Waals surface area contributed by atoms with Gasteiger partial charge in [0.05, 0.1) is 0 Å². The second kappa shape index (κ2) is 12.9. The minimum Gasteiger partial charge on any atom is -0.331 e. The molecule has 0 saturated carbocycles. The Kier molecular flexibility index (Phi) is 12.8. The van der Waals surface area contributed by atoms with Crippen molar-refractivity contribution in [1.82, 2.24) is 0 Å². The van der Waals surface area contributed by atoms with Crippen LogP contribution in [0.5, 0.6) is 0 Å². The van der Waals surface area contributed by atoms with Crippen LogP contribution in [-0.4, -0.2) is 27.3 Å². The quantitative estimate of drug-likeness (QED) is 0.333. The van der Waals surface area contributed by atoms with Gasteiger partial charge in [-0.15, -0.1) is 0 Å². The molecule has 0 fully saturated rings. The summed E-state index contributed by atoms with van der Waals surface area (Å²) in [7, 11) is 4.88. The Bertz CT molecular complexity index is 171. The van der Waals surface area contributed by atoms with Crippen LogP contribution in [-0.2, 0) is 14.2 Å². The molecule has 3 heteroatoms. The number of methoxy groups -OCH3 is 3. The molecule has 0 saturated heterocycles. The fraction of sp³-hybridized carbons (Fsp3) is 1.00. The maximum absolute atomic E-state index is 5.27. The summed E-state index contributed by atoms with van der Waals surface area (Å²) < 4.78 is 15.8. The van der Waals surface area contributed by atoms with Crippen molar-refractivity contribution in [2.45, 2.75) is 83.5 Å². The number of hydrogen-bond acceptors (Lipinski definition) is 3. The topological polar surface area (TPSA) is 27.7 Å². The van der Waals surface area contributed by atoms with Crippen molar-refractivity contribution in [2.75, 3.05) is 21.3 Å². The van der Waals surface area contributed by atoms with Crippen LogP contribution in [0.1, 0.15) is 77.6 Å². The minimum absolute atomic E-state index is 0.799. The van der Waals surface area contributed by atoms with E-state index in [9.17, 15) is 0 Å². The lowest BCUT2D eigenvalue weighted by molar-refractivity contribution is -0.355. The molecule has 19 heavy (non-hydrogen) atoms. The average Bonchev–Trinajstić information content (AvgIpc) is 2.46. The predicted octanol–water partition coefficient (Wildman–Crippen LogP) is 4.89. The van der Waals surface area contributed by atoms with Crippen molar-refractivity contribution in [3.8, 4) is 0 Å². The van der Waals surface area contributed by atoms with Crippen LogP contribution in [0.2, 0.25) is 0 Å². The summed E-state index contributed by atoms with van der Waals surface area (Å²) in [6.07, 6.45) is 14.1. The van der Waals surface area contributed by atoms with Gasteiger partial charge in [-0.05, 0) is 6.42 Å². The van der Waals surface area contributed by atoms with Gasteiger partial charge in [0.15, 0.2) is 0 Å². The maximum atomic E-state index is 5.27. The van der Waals surface area contributed by atoms with Crippen molar-refractivity contribution in [2.24, 2.45) is 0 Å². The zero-order valence-electron chi connectivity index (χ0n) is 13.5. The molecule has 0 aromatic rings. The summed E-state index contributed by atoms with van der Waals surface area (Å²) >= 11 is 0. The van der Waals surface area contributed by atoms with E-state index in [0.29, 0.717) is 0 Å². The van der Waals surface area contributed by atoms with E-state index in [1.807, 2.05) is 0 Å². The van der Waals surface area contributed by atoms with Crippen molar-refractivity contribution in [1.29, 1.82) is 0 Å². The van der Waals surface area contributed by atoms with Crippen LogP contribution in [0.25, 0.3) is 0 Å². The van der Waals surface area contributed by atoms with Gasteiger partial charge in [0.1, 0.15) is 0 Å². The molecule has 0 spiro atoms. The zero-order chi connectivity index (χ0) is 14.4. The third-order valence-electron chi connectivity index (χ3n) is 3.77. The summed E-state index contributed by atoms with van der Waals surface area (Å²) in [4.78, 5) is 0. The number of hydrogen-bond donors (Lipinski definition) is 0. The molecule has 0 bridgehead atoms. The lowest BCUT2D eigenvalue weighted by Gasteiger charge is -2.28. The van der Waals surface area contributed by atoms with Crippen molar-refractivity contribution in [3.63, 3.8) is 0 Å². The first-order valence-corrected chi connectivity index (χ1v) is 7.90. The van der Waals surface area contributed by atoms with Crippen molar-refractivity contribution < 1.29 is 14.2 Å². The van der Waals surface area contributed by atoms with E-state index in [-0.39, 0.29) is 0 Å². The average molecular weight is 274 g/mol. The van der Waals surface area contributed by atoms with E-state index >= 15 is 0 Å². The molecule has 0 atom stereocenters. The van der Waals surface area contributed by atoms with Crippen LogP contribution < -0.4 is 0 Å². The Balaban J connectivity index is 3.35. The summed E-state index contributed by atoms with van der Waals surface area (Å²) in [5, 5.41) is 0. The van der Waals surface area contributed by atoms with Crippen LogP contribution in [0, 0.1) is 0 Å². The second-order valence-electron chi connectivity index (χ2n) is 5.23. The Morgan fingerprint density at radius 3 is 1.32 bits per heavy atom. The standard InChI is InChI=1S/C16H34O3/c1-5-6-7-8-9-10-11-12-13-14-15-16(17-2,18-3)19-4/h5-15H2,1-4H3. The fourth-order valence-electron chi connectivity index (χ4n) is 2.39. The molecular formula is C16H34O3. The molecule has 3 nitrogen and oxygen atoms in total. The van der Waals surface area contributed by atoms with Gasteiger partial charge >= 0.3 is 0 Å². The van der Waals surface area contributed by atoms with E-state index in [1.165, 1.54) is 57.8 Å². The largest absolute Gasteiger partial charge is 0.331 e. The summed E-state index contributed by atoms with van der Waals surface area (Å²) in [5.41, 5.74) is 0. The van der Waals surface area contributed by atoms with Crippen molar-refractivity contribution in [3.05, 3.63) is 0 Å². The van der Waals surface area contributed by atoms with Crippen LogP contribution in [0.4, 0.5) is 0 Å². The minimum atomic E-state index is -0.833. The molecular weight excluding hydrogens is 240 g/mol. The number of ether oxygens (including phenoxy) is 3. The maximum Gasteiger partial charge on any atom is 0.282 e. The van der Waals surface area contributed by atoms with E-state index in [4.69, 9.17) is 14.2 Å². The van der Waals surface area contributed by atoms with Crippen molar-refractivity contribution >= 4 is 0 Å². The molecule has 0 aromatic heterocycles. The first-order valence-electron chi connectivity index (χ1n) is 7.90. The smallest absolute Gasteiger partial charge is 0.282 e. The molecule has 0 aliphatic rings. The van der Waals surface area contributed by atoms with E-state index in [1.54, 1.807) is 21.3 Å². The van der Waals surface area contributed by atoms with Gasteiger partial charge in [-0.2, -0.15) is 0 Å². The summed E-state index contributed by atoms with van der Waals surface area (Å²) in [5.74, 6) is -0.833. The highest BCUT2D eigenvalue weighted by Crippen LogP contribution is 2.21. The Hall–Kier alpha value is -0.120. The highest BCUT2D eigenvalue weighted by Gasteiger charge is 2.28. The third-order valence-corrected chi connectivity index (χ3v) is 3.77. The van der Waals surface area contributed by atoms with Gasteiger partial charge in [0.25, 0.3) is 5.97 Å². The molecule has 0 amide bonds. The molecule has 0 aliphatic heterocycles. The molecule has 0 aliphatic carbocycles. The number of unbranched alkanes of at least 4 members (excludes halogenated alkanes) is 9. The molecule has 0 aromatic carbocycles. The zero-order valence-corrected chi connectivity index (χ0v) is 13.5. The molecule has 0 rings (SSSR count). The van der Waals surface area contributed by atoms with Gasteiger partial charge in [0.2, 0.25) is 0 Å². The number of rotatable bonds is 14. The van der Waals surface area contributed by atoms with E-state index in [2.05, 4.69) is 6.92 Å². The SMILES string of the molecule is CCCCCCCCCCCCC(OC)(OC)OC. The van der Waals surface area contributed by atoms with Gasteiger partial charge in [-0.25, -0.2) is 0 Å². The summed E-state index contributed by atoms with van der Waals surface area (Å²) in [6.45, 7) is 2.26. The molecule has 0 N–H and O–H groups in total. The molecule has 0 radical (unpaired) electrons. The molecule has 116 valence electrons.